The van der Waals surface area contributed by atoms with Crippen LogP contribution in [0.15, 0.2) is 39.3 Å². The number of aliphatic hydroxyl groups excluding tert-OH is 1. The maximum absolute atomic E-state index is 10.5. The summed E-state index contributed by atoms with van der Waals surface area (Å²) in [5.74, 6) is 0.908. The molecule has 0 saturated heterocycles. The van der Waals surface area contributed by atoms with Crippen molar-refractivity contribution in [2.45, 2.75) is 18.9 Å². The Morgan fingerprint density at radius 2 is 2.00 bits per heavy atom. The van der Waals surface area contributed by atoms with Crippen LogP contribution in [-0.2, 0) is 12.8 Å². The van der Waals surface area contributed by atoms with Crippen molar-refractivity contribution in [3.8, 4) is 5.75 Å². The van der Waals surface area contributed by atoms with Crippen molar-refractivity contribution >= 4 is 37.5 Å². The molecule has 0 saturated carbocycles. The number of halogens is 2. The molecule has 0 fully saturated rings. The fourth-order valence-corrected chi connectivity index (χ4v) is 3.58. The summed E-state index contributed by atoms with van der Waals surface area (Å²) in [5.41, 5.74) is 9.49. The van der Waals surface area contributed by atoms with Gasteiger partial charge in [-0.1, -0.05) is 31.9 Å². The van der Waals surface area contributed by atoms with Gasteiger partial charge in [0, 0.05) is 33.0 Å². The average molecular weight is 413 g/mol. The fraction of sp³-hybridized carbons (Fsp3) is 0.250. The van der Waals surface area contributed by atoms with Gasteiger partial charge in [0.25, 0.3) is 0 Å². The average Bonchev–Trinajstić information content (AvgIpc) is 2.89. The lowest BCUT2D eigenvalue weighted by Crippen LogP contribution is -2.06. The molecule has 3 nitrogen and oxygen atoms in total. The van der Waals surface area contributed by atoms with Crippen LogP contribution < -0.4 is 10.5 Å². The predicted octanol–water partition coefficient (Wildman–Crippen LogP) is 4.00. The molecule has 0 spiro atoms. The van der Waals surface area contributed by atoms with Crippen molar-refractivity contribution in [1.82, 2.24) is 0 Å². The number of benzene rings is 2. The van der Waals surface area contributed by atoms with Crippen LogP contribution in [0.3, 0.4) is 0 Å². The Labute approximate surface area is 140 Å². The molecule has 0 aliphatic carbocycles. The quantitative estimate of drug-likeness (QED) is 0.749. The highest BCUT2D eigenvalue weighted by atomic mass is 79.9. The van der Waals surface area contributed by atoms with E-state index in [-0.39, 0.29) is 0 Å². The summed E-state index contributed by atoms with van der Waals surface area (Å²) in [5, 5.41) is 10.5. The minimum Gasteiger partial charge on any atom is -0.493 e. The van der Waals surface area contributed by atoms with Crippen LogP contribution in [0.1, 0.15) is 22.8 Å². The summed E-state index contributed by atoms with van der Waals surface area (Å²) in [6.45, 7) is 0.702. The molecular formula is C16H15Br2NO2. The summed E-state index contributed by atoms with van der Waals surface area (Å²) in [6.07, 6.45) is 0.726. The first-order valence-corrected chi connectivity index (χ1v) is 8.30. The lowest BCUT2D eigenvalue weighted by molar-refractivity contribution is 0.177. The first-order chi connectivity index (χ1) is 10.0. The van der Waals surface area contributed by atoms with Gasteiger partial charge in [-0.3, -0.25) is 0 Å². The van der Waals surface area contributed by atoms with E-state index in [1.807, 2.05) is 18.2 Å². The first kappa shape index (κ1) is 14.9. The van der Waals surface area contributed by atoms with Gasteiger partial charge in [0.1, 0.15) is 5.75 Å². The van der Waals surface area contributed by atoms with Gasteiger partial charge in [-0.15, -0.1) is 0 Å². The van der Waals surface area contributed by atoms with Crippen LogP contribution in [0.25, 0.3) is 0 Å². The number of fused-ring (bicyclic) bond motifs is 1. The maximum atomic E-state index is 10.5. The summed E-state index contributed by atoms with van der Waals surface area (Å²) in [6, 6.07) is 9.60. The molecule has 0 aromatic heterocycles. The van der Waals surface area contributed by atoms with Crippen molar-refractivity contribution in [1.29, 1.82) is 0 Å². The van der Waals surface area contributed by atoms with Crippen LogP contribution in [0.5, 0.6) is 5.75 Å². The Kier molecular flexibility index (Phi) is 4.24. The third-order valence-corrected chi connectivity index (χ3v) is 4.60. The normalized spacial score (nSPS) is 14.6. The molecule has 2 aromatic rings. The number of hydrogen-bond donors (Lipinski definition) is 2. The Morgan fingerprint density at radius 1 is 1.19 bits per heavy atom. The summed E-state index contributed by atoms with van der Waals surface area (Å²) >= 11 is 6.93. The number of ether oxygens (including phenoxy) is 1. The van der Waals surface area contributed by atoms with Crippen molar-refractivity contribution in [2.24, 2.45) is 0 Å². The van der Waals surface area contributed by atoms with Gasteiger partial charge in [0.05, 0.1) is 12.7 Å². The fourth-order valence-electron chi connectivity index (χ4n) is 2.65. The molecule has 3 N–H and O–H groups in total. The third-order valence-electron chi connectivity index (χ3n) is 3.65. The molecule has 1 unspecified atom stereocenters. The Hall–Kier alpha value is -1.04. The van der Waals surface area contributed by atoms with Crippen LogP contribution in [-0.4, -0.2) is 11.7 Å². The molecule has 5 heteroatoms. The molecule has 0 radical (unpaired) electrons. The van der Waals surface area contributed by atoms with Crippen molar-refractivity contribution in [3.63, 3.8) is 0 Å². The van der Waals surface area contributed by atoms with E-state index in [1.165, 1.54) is 5.56 Å². The topological polar surface area (TPSA) is 55.5 Å². The standard InChI is InChI=1S/C16H15Br2NO2/c17-11-1-2-14(19)13(8-11)15(20)7-10-6-12(18)5-9-3-4-21-16(9)10/h1-2,5-6,8,15,20H,3-4,7,19H2. The number of hydrogen-bond acceptors (Lipinski definition) is 3. The molecule has 2 aromatic carbocycles. The SMILES string of the molecule is Nc1ccc(Br)cc1C(O)Cc1cc(Br)cc2c1OCC2. The Bertz CT molecular complexity index is 688. The van der Waals surface area contributed by atoms with Gasteiger partial charge in [-0.2, -0.15) is 0 Å². The van der Waals surface area contributed by atoms with Crippen molar-refractivity contribution in [2.75, 3.05) is 12.3 Å². The maximum Gasteiger partial charge on any atom is 0.125 e. The number of anilines is 1. The molecule has 0 amide bonds. The van der Waals surface area contributed by atoms with Gasteiger partial charge in [0.2, 0.25) is 0 Å². The summed E-state index contributed by atoms with van der Waals surface area (Å²) < 4.78 is 7.62. The van der Waals surface area contributed by atoms with Gasteiger partial charge in [-0.05, 0) is 41.5 Å². The van der Waals surface area contributed by atoms with Crippen LogP contribution >= 0.6 is 31.9 Å². The minimum absolute atomic E-state index is 0.475. The lowest BCUT2D eigenvalue weighted by Gasteiger charge is -2.16. The van der Waals surface area contributed by atoms with E-state index in [0.29, 0.717) is 18.7 Å². The first-order valence-electron chi connectivity index (χ1n) is 6.71. The number of aliphatic hydroxyl groups is 1. The second-order valence-corrected chi connectivity index (χ2v) is 6.98. The summed E-state index contributed by atoms with van der Waals surface area (Å²) in [7, 11) is 0. The van der Waals surface area contributed by atoms with E-state index in [1.54, 1.807) is 6.07 Å². The molecule has 1 heterocycles. The van der Waals surface area contributed by atoms with Crippen molar-refractivity contribution < 1.29 is 9.84 Å². The number of nitrogen functional groups attached to an aromatic ring is 1. The van der Waals surface area contributed by atoms with Gasteiger partial charge in [-0.25, -0.2) is 0 Å². The van der Waals surface area contributed by atoms with Crippen LogP contribution in [0.4, 0.5) is 5.69 Å². The molecule has 3 rings (SSSR count). The van der Waals surface area contributed by atoms with Crippen LogP contribution in [0, 0.1) is 0 Å². The zero-order chi connectivity index (χ0) is 15.0. The number of rotatable bonds is 3. The molecule has 0 bridgehead atoms. The van der Waals surface area contributed by atoms with E-state index in [2.05, 4.69) is 37.9 Å². The van der Waals surface area contributed by atoms with Gasteiger partial charge in [0.15, 0.2) is 0 Å². The zero-order valence-corrected chi connectivity index (χ0v) is 14.4. The van der Waals surface area contributed by atoms with E-state index in [9.17, 15) is 5.11 Å². The Balaban J connectivity index is 1.92. The van der Waals surface area contributed by atoms with E-state index >= 15 is 0 Å². The zero-order valence-electron chi connectivity index (χ0n) is 11.3. The molecule has 1 atom stereocenters. The third kappa shape index (κ3) is 3.10. The minimum atomic E-state index is -0.662. The van der Waals surface area contributed by atoms with E-state index in [4.69, 9.17) is 10.5 Å². The predicted molar refractivity (Wildman–Crippen MR) is 90.6 cm³/mol. The lowest BCUT2D eigenvalue weighted by atomic mass is 9.98. The highest BCUT2D eigenvalue weighted by Crippen LogP contribution is 2.36. The molecule has 110 valence electrons. The van der Waals surface area contributed by atoms with Crippen LogP contribution in [0.2, 0.25) is 0 Å². The second kappa shape index (κ2) is 5.99. The van der Waals surface area contributed by atoms with Crippen molar-refractivity contribution in [3.05, 3.63) is 56.0 Å². The Morgan fingerprint density at radius 3 is 2.81 bits per heavy atom. The molecular weight excluding hydrogens is 398 g/mol. The van der Waals surface area contributed by atoms with Gasteiger partial charge < -0.3 is 15.6 Å². The monoisotopic (exact) mass is 411 g/mol. The highest BCUT2D eigenvalue weighted by Gasteiger charge is 2.21. The van der Waals surface area contributed by atoms with E-state index in [0.717, 1.165) is 32.2 Å². The van der Waals surface area contributed by atoms with Gasteiger partial charge >= 0.3 is 0 Å². The molecule has 1 aliphatic rings. The smallest absolute Gasteiger partial charge is 0.125 e. The largest absolute Gasteiger partial charge is 0.493 e. The molecule has 1 aliphatic heterocycles. The summed E-state index contributed by atoms with van der Waals surface area (Å²) in [4.78, 5) is 0. The second-order valence-electron chi connectivity index (χ2n) is 5.14. The highest BCUT2D eigenvalue weighted by molar-refractivity contribution is 9.10. The molecule has 21 heavy (non-hydrogen) atoms. The van der Waals surface area contributed by atoms with E-state index < -0.39 is 6.10 Å². The number of nitrogens with two attached hydrogens (primary N) is 1.